The monoisotopic (exact) mass is 691 g/mol. The number of hydrogen-bond acceptors (Lipinski definition) is 3. The van der Waals surface area contributed by atoms with Gasteiger partial charge in [-0.2, -0.15) is 0 Å². The first-order valence-electron chi connectivity index (χ1n) is 20.1. The zero-order valence-corrected chi connectivity index (χ0v) is 31.9. The van der Waals surface area contributed by atoms with Crippen molar-refractivity contribution in [3.63, 3.8) is 0 Å². The van der Waals surface area contributed by atoms with Gasteiger partial charge < -0.3 is 15.3 Å². The minimum atomic E-state index is -0.248. The maximum atomic E-state index is 10.7. The van der Waals surface area contributed by atoms with Crippen molar-refractivity contribution in [3.8, 4) is 0 Å². The third kappa shape index (κ3) is 15.3. The highest BCUT2D eigenvalue weighted by molar-refractivity contribution is 5.31. The summed E-state index contributed by atoms with van der Waals surface area (Å²) in [6.45, 7) is 6.24. The van der Waals surface area contributed by atoms with E-state index in [9.17, 15) is 15.3 Å². The topological polar surface area (TPSA) is 60.7 Å². The second-order valence-electron chi connectivity index (χ2n) is 15.4. The molecule has 4 unspecified atom stereocenters. The van der Waals surface area contributed by atoms with Crippen molar-refractivity contribution >= 4 is 0 Å². The van der Waals surface area contributed by atoms with E-state index in [1.165, 1.54) is 59.9 Å². The summed E-state index contributed by atoms with van der Waals surface area (Å²) in [7, 11) is 0. The van der Waals surface area contributed by atoms with Gasteiger partial charge in [0.1, 0.15) is 0 Å². The fraction of sp³-hybridized carbons (Fsp3) is 0.500. The van der Waals surface area contributed by atoms with Gasteiger partial charge in [-0.3, -0.25) is 0 Å². The zero-order chi connectivity index (χ0) is 36.3. The highest BCUT2D eigenvalue weighted by atomic mass is 16.3. The van der Waals surface area contributed by atoms with E-state index in [-0.39, 0.29) is 12.0 Å². The standard InChI is InChI=1S/C48H66O3/c1-37-19-13-16-27-41(31-37)35-45(49)28-11-5-9-25-43-32-42(24-8-4-7-22-40-23-17-14-21-39(3)48(51)36-40)33-44(34-43)26-10-6-12-29-46-38(2)20-15-18-30-47(46)50/h13-21,23,27,30-34,40-41,45-46,49-51H,4-12,22,24-26,28-29,35-36H2,1-3H3/b21-14-,23-17-,48-39+. The largest absolute Gasteiger partial charge is 0.512 e. The number of aliphatic hydroxyl groups excluding tert-OH is 3. The summed E-state index contributed by atoms with van der Waals surface area (Å²) < 4.78 is 0. The molecule has 3 aliphatic carbocycles. The SMILES string of the molecule is CC1=CC(CC(O)CCCCCc2cc(CCCCCC3\C=C/C=C\C(C)=C(\O)C3)cc(CCCCCC3C(C)=CC=CC=C3O)c2)C=CC=C1. The van der Waals surface area contributed by atoms with Crippen LogP contribution in [0.25, 0.3) is 0 Å². The summed E-state index contributed by atoms with van der Waals surface area (Å²) >= 11 is 0. The Morgan fingerprint density at radius 2 is 1.25 bits per heavy atom. The molecular formula is C48H66O3. The van der Waals surface area contributed by atoms with Gasteiger partial charge in [0.15, 0.2) is 0 Å². The summed E-state index contributed by atoms with van der Waals surface area (Å²) in [5.41, 5.74) is 7.90. The molecule has 0 aliphatic heterocycles. The highest BCUT2D eigenvalue weighted by Gasteiger charge is 2.16. The van der Waals surface area contributed by atoms with Crippen molar-refractivity contribution < 1.29 is 15.3 Å². The van der Waals surface area contributed by atoms with Crippen LogP contribution in [0.1, 0.15) is 127 Å². The van der Waals surface area contributed by atoms with E-state index in [1.807, 2.05) is 37.3 Å². The molecule has 3 heteroatoms. The van der Waals surface area contributed by atoms with Crippen molar-refractivity contribution in [1.82, 2.24) is 0 Å². The maximum Gasteiger partial charge on any atom is 0.0993 e. The molecule has 0 bridgehead atoms. The van der Waals surface area contributed by atoms with Crippen LogP contribution in [0.4, 0.5) is 0 Å². The highest BCUT2D eigenvalue weighted by Crippen LogP contribution is 2.28. The van der Waals surface area contributed by atoms with Gasteiger partial charge in [-0.25, -0.2) is 0 Å². The lowest BCUT2D eigenvalue weighted by atomic mass is 9.91. The van der Waals surface area contributed by atoms with Crippen molar-refractivity contribution in [1.29, 1.82) is 0 Å². The minimum Gasteiger partial charge on any atom is -0.512 e. The average Bonchev–Trinajstić information content (AvgIpc) is 3.40. The van der Waals surface area contributed by atoms with E-state index in [2.05, 4.69) is 80.7 Å². The first-order chi connectivity index (χ1) is 24.8. The van der Waals surface area contributed by atoms with Gasteiger partial charge >= 0.3 is 0 Å². The number of hydrogen-bond donors (Lipinski definition) is 3. The lowest BCUT2D eigenvalue weighted by Crippen LogP contribution is -2.11. The van der Waals surface area contributed by atoms with Crippen LogP contribution in [0.2, 0.25) is 0 Å². The molecule has 0 radical (unpaired) electrons. The molecule has 1 aromatic rings. The first kappa shape index (κ1) is 40.2. The Hall–Kier alpha value is -3.56. The zero-order valence-electron chi connectivity index (χ0n) is 31.9. The Bertz CT molecular complexity index is 1480. The number of unbranched alkanes of at least 4 members (excludes halogenated alkanes) is 6. The Kier molecular flexibility index (Phi) is 17.7. The molecule has 3 N–H and O–H groups in total. The molecule has 51 heavy (non-hydrogen) atoms. The summed E-state index contributed by atoms with van der Waals surface area (Å²) in [5, 5.41) is 31.6. The van der Waals surface area contributed by atoms with E-state index in [0.29, 0.717) is 23.4 Å². The number of rotatable bonds is 20. The van der Waals surface area contributed by atoms with Crippen LogP contribution in [0.3, 0.4) is 0 Å². The van der Waals surface area contributed by atoms with Gasteiger partial charge in [-0.05, 0) is 125 Å². The number of aryl methyl sites for hydroxylation is 3. The fourth-order valence-corrected chi connectivity index (χ4v) is 7.76. The van der Waals surface area contributed by atoms with Crippen LogP contribution < -0.4 is 0 Å². The van der Waals surface area contributed by atoms with E-state index < -0.39 is 0 Å². The van der Waals surface area contributed by atoms with Crippen molar-refractivity contribution in [2.45, 2.75) is 136 Å². The van der Waals surface area contributed by atoms with Crippen molar-refractivity contribution in [2.24, 2.45) is 17.8 Å². The van der Waals surface area contributed by atoms with Gasteiger partial charge in [0.05, 0.1) is 17.6 Å². The van der Waals surface area contributed by atoms with E-state index >= 15 is 0 Å². The van der Waals surface area contributed by atoms with E-state index in [1.54, 1.807) is 0 Å². The summed E-state index contributed by atoms with van der Waals surface area (Å²) in [5.74, 6) is 1.90. The molecule has 3 aliphatic rings. The minimum absolute atomic E-state index is 0.147. The molecule has 0 aromatic heterocycles. The molecular weight excluding hydrogens is 625 g/mol. The Morgan fingerprint density at radius 1 is 0.647 bits per heavy atom. The second kappa shape index (κ2) is 22.4. The summed E-state index contributed by atoms with van der Waals surface area (Å²) in [4.78, 5) is 0. The van der Waals surface area contributed by atoms with Crippen LogP contribution >= 0.6 is 0 Å². The average molecular weight is 691 g/mol. The molecule has 0 heterocycles. The summed E-state index contributed by atoms with van der Waals surface area (Å²) in [6, 6.07) is 7.37. The molecule has 4 atom stereocenters. The predicted octanol–water partition coefficient (Wildman–Crippen LogP) is 13.0. The molecule has 0 fully saturated rings. The van der Waals surface area contributed by atoms with Gasteiger partial charge in [0.2, 0.25) is 0 Å². The predicted molar refractivity (Wildman–Crippen MR) is 218 cm³/mol. The van der Waals surface area contributed by atoms with Crippen LogP contribution in [-0.2, 0) is 19.3 Å². The normalized spacial score (nSPS) is 23.8. The maximum absolute atomic E-state index is 10.7. The molecule has 1 aromatic carbocycles. The van der Waals surface area contributed by atoms with Crippen LogP contribution in [0.5, 0.6) is 0 Å². The lowest BCUT2D eigenvalue weighted by Gasteiger charge is -2.16. The Balaban J connectivity index is 1.24. The van der Waals surface area contributed by atoms with Crippen molar-refractivity contribution in [2.75, 3.05) is 0 Å². The number of aliphatic hydroxyl groups is 3. The van der Waals surface area contributed by atoms with Crippen LogP contribution in [-0.4, -0.2) is 21.4 Å². The Labute approximate surface area is 310 Å². The molecule has 3 nitrogen and oxygen atoms in total. The fourth-order valence-electron chi connectivity index (χ4n) is 7.76. The molecule has 0 spiro atoms. The quantitative estimate of drug-likeness (QED) is 0.119. The number of benzene rings is 1. The third-order valence-corrected chi connectivity index (χ3v) is 10.9. The van der Waals surface area contributed by atoms with E-state index in [0.717, 1.165) is 82.6 Å². The second-order valence-corrected chi connectivity index (χ2v) is 15.4. The van der Waals surface area contributed by atoms with Gasteiger partial charge in [0.25, 0.3) is 0 Å². The van der Waals surface area contributed by atoms with Crippen LogP contribution in [0, 0.1) is 17.8 Å². The first-order valence-corrected chi connectivity index (χ1v) is 20.1. The Morgan fingerprint density at radius 3 is 1.96 bits per heavy atom. The molecule has 0 saturated carbocycles. The summed E-state index contributed by atoms with van der Waals surface area (Å²) in [6.07, 6.45) is 45.2. The molecule has 0 amide bonds. The smallest absolute Gasteiger partial charge is 0.0993 e. The van der Waals surface area contributed by atoms with Gasteiger partial charge in [-0.15, -0.1) is 0 Å². The molecule has 0 saturated heterocycles. The lowest BCUT2D eigenvalue weighted by molar-refractivity contribution is 0.143. The number of allylic oxidation sites excluding steroid dienone is 17. The molecule has 276 valence electrons. The van der Waals surface area contributed by atoms with Gasteiger partial charge in [-0.1, -0.05) is 141 Å². The molecule has 4 rings (SSSR count). The van der Waals surface area contributed by atoms with E-state index in [4.69, 9.17) is 0 Å². The van der Waals surface area contributed by atoms with Gasteiger partial charge in [0, 0.05) is 12.3 Å². The van der Waals surface area contributed by atoms with Crippen molar-refractivity contribution in [3.05, 3.63) is 142 Å². The van der Waals surface area contributed by atoms with Crippen LogP contribution in [0.15, 0.2) is 125 Å². The third-order valence-electron chi connectivity index (χ3n) is 10.9.